The van der Waals surface area contributed by atoms with Gasteiger partial charge in [0.25, 0.3) is 0 Å². The zero-order chi connectivity index (χ0) is 17.6. The molecular formula is C19H18ClN3O2. The lowest BCUT2D eigenvalue weighted by molar-refractivity contribution is 0.115. The summed E-state index contributed by atoms with van der Waals surface area (Å²) in [4.78, 5) is 14.1. The van der Waals surface area contributed by atoms with Crippen molar-refractivity contribution in [3.05, 3.63) is 59.1 Å². The second-order valence-corrected chi connectivity index (χ2v) is 6.26. The van der Waals surface area contributed by atoms with Crippen molar-refractivity contribution in [1.82, 2.24) is 4.90 Å². The number of hydrogen-bond acceptors (Lipinski definition) is 3. The molecule has 1 aliphatic heterocycles. The fraction of sp³-hybridized carbons (Fsp3) is 0.263. The molecule has 25 heavy (non-hydrogen) atoms. The van der Waals surface area contributed by atoms with Gasteiger partial charge in [0.2, 0.25) is 0 Å². The molecule has 2 aromatic rings. The highest BCUT2D eigenvalue weighted by atomic mass is 35.5. The van der Waals surface area contributed by atoms with E-state index in [0.717, 1.165) is 12.8 Å². The third-order valence-electron chi connectivity index (χ3n) is 4.10. The van der Waals surface area contributed by atoms with E-state index in [1.165, 1.54) is 0 Å². The molecule has 1 N–H and O–H groups in total. The Balaban J connectivity index is 1.52. The maximum absolute atomic E-state index is 12.4. The molecule has 0 bridgehead atoms. The number of rotatable bonds is 3. The molecule has 5 nitrogen and oxygen atoms in total. The van der Waals surface area contributed by atoms with Gasteiger partial charge in [0.05, 0.1) is 16.7 Å². The number of amides is 2. The molecule has 0 aliphatic carbocycles. The average molecular weight is 356 g/mol. The number of nitrogens with zero attached hydrogens (tertiary/aromatic N) is 2. The first kappa shape index (κ1) is 17.1. The highest BCUT2D eigenvalue weighted by Gasteiger charge is 2.24. The first-order chi connectivity index (χ1) is 12.2. The molecule has 2 amide bonds. The molecule has 0 unspecified atom stereocenters. The molecule has 1 heterocycles. The summed E-state index contributed by atoms with van der Waals surface area (Å²) in [6.45, 7) is 1.22. The van der Waals surface area contributed by atoms with E-state index in [2.05, 4.69) is 11.4 Å². The molecule has 1 saturated heterocycles. The number of benzene rings is 2. The van der Waals surface area contributed by atoms with E-state index >= 15 is 0 Å². The Morgan fingerprint density at radius 1 is 1.20 bits per heavy atom. The molecule has 2 aromatic carbocycles. The normalized spacial score (nSPS) is 14.6. The van der Waals surface area contributed by atoms with E-state index < -0.39 is 0 Å². The van der Waals surface area contributed by atoms with E-state index in [1.54, 1.807) is 35.2 Å². The van der Waals surface area contributed by atoms with E-state index in [-0.39, 0.29) is 12.1 Å². The number of urea groups is 1. The summed E-state index contributed by atoms with van der Waals surface area (Å²) < 4.78 is 5.94. The summed E-state index contributed by atoms with van der Waals surface area (Å²) in [5.41, 5.74) is 1.14. The lowest BCUT2D eigenvalue weighted by Gasteiger charge is -2.32. The first-order valence-corrected chi connectivity index (χ1v) is 8.51. The van der Waals surface area contributed by atoms with Crippen LogP contribution in [0.25, 0.3) is 0 Å². The second kappa shape index (κ2) is 7.91. The van der Waals surface area contributed by atoms with E-state index in [0.29, 0.717) is 35.1 Å². The minimum absolute atomic E-state index is 0.0471. The predicted molar refractivity (Wildman–Crippen MR) is 96.9 cm³/mol. The summed E-state index contributed by atoms with van der Waals surface area (Å²) in [6.07, 6.45) is 1.54. The zero-order valence-corrected chi connectivity index (χ0v) is 14.4. The Kier molecular flexibility index (Phi) is 5.42. The van der Waals surface area contributed by atoms with Crippen LogP contribution in [0.1, 0.15) is 18.4 Å². The smallest absolute Gasteiger partial charge is 0.321 e. The van der Waals surface area contributed by atoms with Crippen LogP contribution in [0.3, 0.4) is 0 Å². The van der Waals surface area contributed by atoms with Crippen LogP contribution in [0.2, 0.25) is 5.02 Å². The number of ether oxygens (including phenoxy) is 1. The molecule has 3 rings (SSSR count). The van der Waals surface area contributed by atoms with E-state index in [9.17, 15) is 4.79 Å². The van der Waals surface area contributed by atoms with Gasteiger partial charge in [0.1, 0.15) is 11.9 Å². The molecule has 1 fully saturated rings. The maximum atomic E-state index is 12.4. The van der Waals surface area contributed by atoms with Crippen LogP contribution in [-0.4, -0.2) is 30.1 Å². The average Bonchev–Trinajstić information content (AvgIpc) is 2.64. The third-order valence-corrected chi connectivity index (χ3v) is 4.41. The highest BCUT2D eigenvalue weighted by Crippen LogP contribution is 2.27. The van der Waals surface area contributed by atoms with E-state index in [1.807, 2.05) is 18.2 Å². The van der Waals surface area contributed by atoms with Gasteiger partial charge in [-0.15, -0.1) is 0 Å². The van der Waals surface area contributed by atoms with Crippen LogP contribution in [0, 0.1) is 11.3 Å². The predicted octanol–water partition coefficient (Wildman–Crippen LogP) is 4.29. The number of halogens is 1. The number of carbonyl (C=O) groups is 1. The Bertz CT molecular complexity index is 795. The number of anilines is 1. The summed E-state index contributed by atoms with van der Waals surface area (Å²) in [5, 5.41) is 12.3. The topological polar surface area (TPSA) is 65.4 Å². The lowest BCUT2D eigenvalue weighted by atomic mass is 10.1. The van der Waals surface area contributed by atoms with Gasteiger partial charge in [0, 0.05) is 31.6 Å². The molecule has 0 atom stereocenters. The molecular weight excluding hydrogens is 338 g/mol. The largest absolute Gasteiger partial charge is 0.489 e. The van der Waals surface area contributed by atoms with Crippen LogP contribution in [0.4, 0.5) is 10.5 Å². The molecule has 0 radical (unpaired) electrons. The summed E-state index contributed by atoms with van der Waals surface area (Å²) >= 11 is 6.12. The lowest BCUT2D eigenvalue weighted by Crippen LogP contribution is -2.43. The number of carbonyl (C=O) groups excluding carboxylic acids is 1. The second-order valence-electron chi connectivity index (χ2n) is 5.86. The summed E-state index contributed by atoms with van der Waals surface area (Å²) in [7, 11) is 0. The van der Waals surface area contributed by atoms with Crippen molar-refractivity contribution in [2.24, 2.45) is 0 Å². The van der Waals surface area contributed by atoms with Crippen LogP contribution < -0.4 is 10.1 Å². The van der Waals surface area contributed by atoms with Crippen molar-refractivity contribution in [2.45, 2.75) is 18.9 Å². The number of piperidine rings is 1. The SMILES string of the molecule is N#Cc1cccc(NC(=O)N2CCC(Oc3ccccc3Cl)CC2)c1. The summed E-state index contributed by atoms with van der Waals surface area (Å²) in [6, 6.07) is 16.2. The van der Waals surface area contributed by atoms with E-state index in [4.69, 9.17) is 21.6 Å². The Labute approximate surface area is 151 Å². The minimum Gasteiger partial charge on any atom is -0.489 e. The third kappa shape index (κ3) is 4.43. The number of nitriles is 1. The van der Waals surface area contributed by atoms with Crippen LogP contribution in [0.5, 0.6) is 5.75 Å². The maximum Gasteiger partial charge on any atom is 0.321 e. The van der Waals surface area contributed by atoms with Gasteiger partial charge < -0.3 is 15.0 Å². The van der Waals surface area contributed by atoms with Crippen molar-refractivity contribution < 1.29 is 9.53 Å². The quantitative estimate of drug-likeness (QED) is 0.893. The Morgan fingerprint density at radius 3 is 2.68 bits per heavy atom. The van der Waals surface area contributed by atoms with Crippen molar-refractivity contribution in [3.8, 4) is 11.8 Å². The number of nitrogens with one attached hydrogen (secondary N) is 1. The van der Waals surface area contributed by atoms with Gasteiger partial charge in [-0.3, -0.25) is 0 Å². The molecule has 0 aromatic heterocycles. The number of hydrogen-bond donors (Lipinski definition) is 1. The van der Waals surface area contributed by atoms with Crippen molar-refractivity contribution >= 4 is 23.3 Å². The van der Waals surface area contributed by atoms with Crippen LogP contribution >= 0.6 is 11.6 Å². The zero-order valence-electron chi connectivity index (χ0n) is 13.6. The van der Waals surface area contributed by atoms with Crippen molar-refractivity contribution in [1.29, 1.82) is 5.26 Å². The minimum atomic E-state index is -0.161. The number of para-hydroxylation sites is 1. The summed E-state index contributed by atoms with van der Waals surface area (Å²) in [5.74, 6) is 0.681. The molecule has 1 aliphatic rings. The van der Waals surface area contributed by atoms with Crippen molar-refractivity contribution in [3.63, 3.8) is 0 Å². The first-order valence-electron chi connectivity index (χ1n) is 8.13. The van der Waals surface area contributed by atoms with Gasteiger partial charge in [-0.2, -0.15) is 5.26 Å². The van der Waals surface area contributed by atoms with Gasteiger partial charge in [-0.1, -0.05) is 29.8 Å². The molecule has 0 spiro atoms. The Hall–Kier alpha value is -2.71. The fourth-order valence-electron chi connectivity index (χ4n) is 2.77. The fourth-order valence-corrected chi connectivity index (χ4v) is 2.95. The molecule has 6 heteroatoms. The van der Waals surface area contributed by atoms with Gasteiger partial charge in [-0.05, 0) is 30.3 Å². The highest BCUT2D eigenvalue weighted by molar-refractivity contribution is 6.32. The van der Waals surface area contributed by atoms with Crippen LogP contribution in [-0.2, 0) is 0 Å². The van der Waals surface area contributed by atoms with Gasteiger partial charge >= 0.3 is 6.03 Å². The van der Waals surface area contributed by atoms with Crippen molar-refractivity contribution in [2.75, 3.05) is 18.4 Å². The number of likely N-dealkylation sites (tertiary alicyclic amines) is 1. The van der Waals surface area contributed by atoms with Gasteiger partial charge in [-0.25, -0.2) is 4.79 Å². The molecule has 0 saturated carbocycles. The molecule has 128 valence electrons. The standard InChI is InChI=1S/C19H18ClN3O2/c20-17-6-1-2-7-18(17)25-16-8-10-23(11-9-16)19(24)22-15-5-3-4-14(12-15)13-21/h1-7,12,16H,8-11H2,(H,22,24). The monoisotopic (exact) mass is 355 g/mol. The van der Waals surface area contributed by atoms with Gasteiger partial charge in [0.15, 0.2) is 0 Å². The Morgan fingerprint density at radius 2 is 1.96 bits per heavy atom. The van der Waals surface area contributed by atoms with Crippen LogP contribution in [0.15, 0.2) is 48.5 Å².